The van der Waals surface area contributed by atoms with Crippen LogP contribution in [0.4, 0.5) is 13.2 Å². The van der Waals surface area contributed by atoms with Gasteiger partial charge in [0.15, 0.2) is 5.82 Å². The highest BCUT2D eigenvalue weighted by Gasteiger charge is 2.30. The van der Waals surface area contributed by atoms with E-state index in [0.717, 1.165) is 11.1 Å². The van der Waals surface area contributed by atoms with E-state index in [0.29, 0.717) is 11.5 Å². The van der Waals surface area contributed by atoms with Crippen molar-refractivity contribution in [1.82, 2.24) is 25.7 Å². The topological polar surface area (TPSA) is 76.4 Å². The third-order valence-electron chi connectivity index (χ3n) is 3.40. The molecule has 2 N–H and O–H groups in total. The molecule has 3 rings (SSSR count). The molecular weight excluding hydrogens is 393 g/mol. The molecule has 28 heavy (non-hydrogen) atoms. The number of hydrogen-bond donors (Lipinski definition) is 2. The first kappa shape index (κ1) is 19.3. The van der Waals surface area contributed by atoms with Crippen molar-refractivity contribution in [2.75, 3.05) is 0 Å². The summed E-state index contributed by atoms with van der Waals surface area (Å²) < 4.78 is 42.0. The SMILES string of the molecule is FC(F)(F)Oc1ccc(-n2cnc(-c3ccc(C=NNNC=S)cc3)n2)cc1. The summed E-state index contributed by atoms with van der Waals surface area (Å²) in [6.07, 6.45) is -1.65. The highest BCUT2D eigenvalue weighted by atomic mass is 32.1. The molecule has 7 nitrogen and oxygen atoms in total. The van der Waals surface area contributed by atoms with Crippen LogP contribution in [-0.4, -0.2) is 32.8 Å². The molecule has 0 aliphatic rings. The summed E-state index contributed by atoms with van der Waals surface area (Å²) in [6.45, 7) is 0. The maximum Gasteiger partial charge on any atom is 0.573 e. The Labute approximate surface area is 162 Å². The highest BCUT2D eigenvalue weighted by molar-refractivity contribution is 7.78. The summed E-state index contributed by atoms with van der Waals surface area (Å²) in [5, 5.41) is 8.25. The predicted molar refractivity (Wildman–Crippen MR) is 101 cm³/mol. The zero-order valence-electron chi connectivity index (χ0n) is 14.1. The van der Waals surface area contributed by atoms with Crippen LogP contribution < -0.4 is 15.7 Å². The summed E-state index contributed by atoms with van der Waals surface area (Å²) in [5.74, 6) is 0.170. The lowest BCUT2D eigenvalue weighted by atomic mass is 10.1. The van der Waals surface area contributed by atoms with E-state index in [1.54, 1.807) is 6.21 Å². The van der Waals surface area contributed by atoms with E-state index < -0.39 is 6.36 Å². The molecule has 0 bridgehead atoms. The zero-order valence-corrected chi connectivity index (χ0v) is 14.9. The molecule has 0 saturated carbocycles. The number of halogens is 3. The number of rotatable bonds is 7. The van der Waals surface area contributed by atoms with Crippen LogP contribution in [-0.2, 0) is 0 Å². The Morgan fingerprint density at radius 2 is 1.79 bits per heavy atom. The summed E-state index contributed by atoms with van der Waals surface area (Å²) in [5.41, 5.74) is 8.54. The Bertz CT molecular complexity index is 954. The van der Waals surface area contributed by atoms with Gasteiger partial charge in [-0.1, -0.05) is 36.5 Å². The summed E-state index contributed by atoms with van der Waals surface area (Å²) in [6, 6.07) is 12.7. The normalized spacial score (nSPS) is 11.4. The Hall–Kier alpha value is -3.47. The number of alkyl halides is 3. The first-order valence-electron chi connectivity index (χ1n) is 7.80. The number of hydrazine groups is 1. The van der Waals surface area contributed by atoms with Crippen LogP contribution >= 0.6 is 12.2 Å². The van der Waals surface area contributed by atoms with E-state index in [9.17, 15) is 13.2 Å². The van der Waals surface area contributed by atoms with Crippen molar-refractivity contribution < 1.29 is 17.9 Å². The summed E-state index contributed by atoms with van der Waals surface area (Å²) in [7, 11) is 0. The minimum Gasteiger partial charge on any atom is -0.406 e. The molecular formula is C17H13F3N6OS. The second kappa shape index (κ2) is 8.48. The molecule has 1 heterocycles. The van der Waals surface area contributed by atoms with Crippen LogP contribution in [0.3, 0.4) is 0 Å². The molecule has 0 radical (unpaired) electrons. The molecule has 0 aliphatic carbocycles. The van der Waals surface area contributed by atoms with Gasteiger partial charge in [0, 0.05) is 5.56 Å². The maximum absolute atomic E-state index is 12.2. The Morgan fingerprint density at radius 1 is 1.07 bits per heavy atom. The molecule has 0 amide bonds. The number of nitrogens with one attached hydrogen (secondary N) is 2. The first-order valence-corrected chi connectivity index (χ1v) is 8.27. The molecule has 0 aliphatic heterocycles. The third-order valence-corrected chi connectivity index (χ3v) is 3.52. The van der Waals surface area contributed by atoms with Crippen molar-refractivity contribution in [1.29, 1.82) is 0 Å². The Kier molecular flexibility index (Phi) is 5.84. The fourth-order valence-corrected chi connectivity index (χ4v) is 2.26. The minimum atomic E-state index is -4.73. The monoisotopic (exact) mass is 406 g/mol. The summed E-state index contributed by atoms with van der Waals surface area (Å²) >= 11 is 4.58. The van der Waals surface area contributed by atoms with E-state index >= 15 is 0 Å². The molecule has 0 fully saturated rings. The van der Waals surface area contributed by atoms with Gasteiger partial charge >= 0.3 is 6.36 Å². The lowest BCUT2D eigenvalue weighted by Crippen LogP contribution is -2.23. The molecule has 144 valence electrons. The average molecular weight is 406 g/mol. The van der Waals surface area contributed by atoms with Gasteiger partial charge in [0.25, 0.3) is 0 Å². The van der Waals surface area contributed by atoms with E-state index in [4.69, 9.17) is 0 Å². The number of hydrazone groups is 1. The van der Waals surface area contributed by atoms with Crippen LogP contribution in [0.1, 0.15) is 5.56 Å². The maximum atomic E-state index is 12.2. The number of aromatic nitrogens is 3. The van der Waals surface area contributed by atoms with Crippen molar-refractivity contribution in [3.8, 4) is 22.8 Å². The standard InChI is InChI=1S/C17H13F3N6OS/c18-17(19,20)27-15-7-5-14(6-8-15)26-10-21-16(24-26)13-3-1-12(2-4-13)9-22-25-23-11-28/h1-11,25H,(H,23,28). The van der Waals surface area contributed by atoms with Crippen LogP contribution in [0.5, 0.6) is 5.75 Å². The molecule has 2 aromatic carbocycles. The number of benzene rings is 2. The molecule has 0 spiro atoms. The minimum absolute atomic E-state index is 0.302. The van der Waals surface area contributed by atoms with E-state index in [1.165, 1.54) is 40.8 Å². The second-order valence-electron chi connectivity index (χ2n) is 5.31. The Morgan fingerprint density at radius 3 is 2.43 bits per heavy atom. The fraction of sp³-hybridized carbons (Fsp3) is 0.0588. The quantitative estimate of drug-likeness (QED) is 0.272. The molecule has 3 aromatic rings. The van der Waals surface area contributed by atoms with Gasteiger partial charge in [-0.2, -0.15) is 5.10 Å². The first-order chi connectivity index (χ1) is 13.4. The zero-order chi connectivity index (χ0) is 20.0. The van der Waals surface area contributed by atoms with Gasteiger partial charge in [-0.15, -0.1) is 18.3 Å². The van der Waals surface area contributed by atoms with Crippen molar-refractivity contribution in [3.05, 3.63) is 60.4 Å². The van der Waals surface area contributed by atoms with Crippen LogP contribution in [0, 0.1) is 0 Å². The van der Waals surface area contributed by atoms with Crippen molar-refractivity contribution in [2.45, 2.75) is 6.36 Å². The van der Waals surface area contributed by atoms with Gasteiger partial charge in [0.2, 0.25) is 0 Å². The van der Waals surface area contributed by atoms with Gasteiger partial charge < -0.3 is 4.74 Å². The highest BCUT2D eigenvalue weighted by Crippen LogP contribution is 2.24. The molecule has 0 atom stereocenters. The van der Waals surface area contributed by atoms with Crippen LogP contribution in [0.15, 0.2) is 60.0 Å². The number of thiocarbonyl (C=S) groups is 1. The van der Waals surface area contributed by atoms with Crippen molar-refractivity contribution >= 4 is 23.9 Å². The Balaban J connectivity index is 1.70. The van der Waals surface area contributed by atoms with Gasteiger partial charge in [-0.25, -0.2) is 15.2 Å². The smallest absolute Gasteiger partial charge is 0.406 e. The fourth-order valence-electron chi connectivity index (χ4n) is 2.21. The van der Waals surface area contributed by atoms with Crippen molar-refractivity contribution in [2.24, 2.45) is 5.10 Å². The van der Waals surface area contributed by atoms with Crippen LogP contribution in [0.2, 0.25) is 0 Å². The van der Waals surface area contributed by atoms with E-state index in [1.807, 2.05) is 24.3 Å². The van der Waals surface area contributed by atoms with Crippen LogP contribution in [0.25, 0.3) is 17.1 Å². The summed E-state index contributed by atoms with van der Waals surface area (Å²) in [4.78, 5) is 4.23. The number of ether oxygens (including phenoxy) is 1. The van der Waals surface area contributed by atoms with Crippen molar-refractivity contribution in [3.63, 3.8) is 0 Å². The second-order valence-corrected chi connectivity index (χ2v) is 5.54. The predicted octanol–water partition coefficient (Wildman–Crippen LogP) is 3.22. The lowest BCUT2D eigenvalue weighted by molar-refractivity contribution is -0.274. The molecule has 11 heteroatoms. The van der Waals surface area contributed by atoms with E-state index in [-0.39, 0.29) is 5.75 Å². The average Bonchev–Trinajstić information content (AvgIpc) is 3.15. The van der Waals surface area contributed by atoms with Gasteiger partial charge in [0.1, 0.15) is 12.1 Å². The lowest BCUT2D eigenvalue weighted by Gasteiger charge is -2.09. The van der Waals surface area contributed by atoms with Gasteiger partial charge in [-0.05, 0) is 29.8 Å². The molecule has 0 unspecified atom stereocenters. The number of hydrogen-bond acceptors (Lipinski definition) is 6. The van der Waals surface area contributed by atoms with Gasteiger partial charge in [-0.3, -0.25) is 5.43 Å². The van der Waals surface area contributed by atoms with Gasteiger partial charge in [0.05, 0.1) is 17.4 Å². The van der Waals surface area contributed by atoms with E-state index in [2.05, 4.69) is 43.1 Å². The molecule has 0 saturated heterocycles. The molecule has 1 aromatic heterocycles. The third kappa shape index (κ3) is 5.27. The largest absolute Gasteiger partial charge is 0.573 e. The number of nitrogens with zero attached hydrogens (tertiary/aromatic N) is 4.